The lowest BCUT2D eigenvalue weighted by Gasteiger charge is -2.41. The molecular weight excluding hydrogens is 615 g/mol. The molecule has 7 nitrogen and oxygen atoms in total. The Bertz CT molecular complexity index is 1670. The SMILES string of the molecule is COc1cccc(CN(C(=O)C2=C(c3ccc(CN4CC[C@@H](Oc5c(F)ccc(C)c5Cl)C4)cc3)C[C@H]3CNC[C@@H]2N3)C2CC2)c1C. The fraction of sp³-hybridized carbons (Fsp3) is 0.447. The van der Waals surface area contributed by atoms with Crippen molar-refractivity contribution in [2.75, 3.05) is 33.3 Å². The van der Waals surface area contributed by atoms with Gasteiger partial charge in [0.2, 0.25) is 0 Å². The number of aryl methyl sites for hydroxylation is 1. The minimum absolute atomic E-state index is 0.0226. The maximum Gasteiger partial charge on any atom is 0.252 e. The molecule has 3 fully saturated rings. The first-order valence-electron chi connectivity index (χ1n) is 16.8. The fourth-order valence-electron chi connectivity index (χ4n) is 7.39. The van der Waals surface area contributed by atoms with Crippen molar-refractivity contribution in [2.24, 2.45) is 0 Å². The summed E-state index contributed by atoms with van der Waals surface area (Å²) in [5.74, 6) is 0.727. The average molecular weight is 659 g/mol. The van der Waals surface area contributed by atoms with Crippen molar-refractivity contribution in [1.29, 1.82) is 0 Å². The lowest BCUT2D eigenvalue weighted by Crippen LogP contribution is -2.60. The highest BCUT2D eigenvalue weighted by Gasteiger charge is 2.41. The molecule has 7 rings (SSSR count). The molecule has 3 atom stereocenters. The molecule has 2 bridgehead atoms. The summed E-state index contributed by atoms with van der Waals surface area (Å²) in [6, 6.07) is 18.5. The van der Waals surface area contributed by atoms with Gasteiger partial charge in [0.1, 0.15) is 11.9 Å². The zero-order chi connectivity index (χ0) is 32.7. The number of carbonyl (C=O) groups is 1. The Morgan fingerprint density at radius 3 is 2.64 bits per heavy atom. The molecule has 3 aliphatic heterocycles. The van der Waals surface area contributed by atoms with Gasteiger partial charge in [0.25, 0.3) is 5.91 Å². The number of fused-ring (bicyclic) bond motifs is 2. The molecular formula is C38H44ClFN4O3. The first-order chi connectivity index (χ1) is 22.8. The summed E-state index contributed by atoms with van der Waals surface area (Å²) < 4.78 is 26.1. The molecule has 3 aromatic carbocycles. The number of methoxy groups -OCH3 is 1. The Balaban J connectivity index is 1.09. The highest BCUT2D eigenvalue weighted by Crippen LogP contribution is 2.38. The minimum atomic E-state index is -0.421. The highest BCUT2D eigenvalue weighted by molar-refractivity contribution is 6.32. The lowest BCUT2D eigenvalue weighted by molar-refractivity contribution is -0.128. The van der Waals surface area contributed by atoms with Gasteiger partial charge >= 0.3 is 0 Å². The van der Waals surface area contributed by atoms with Crippen molar-refractivity contribution in [1.82, 2.24) is 20.4 Å². The smallest absolute Gasteiger partial charge is 0.252 e. The first kappa shape index (κ1) is 32.1. The Kier molecular flexibility index (Phi) is 9.29. The number of halogens is 2. The van der Waals surface area contributed by atoms with Gasteiger partial charge < -0.3 is 25.0 Å². The van der Waals surface area contributed by atoms with Gasteiger partial charge in [-0.1, -0.05) is 54.1 Å². The predicted octanol–water partition coefficient (Wildman–Crippen LogP) is 6.04. The molecule has 1 aliphatic carbocycles. The van der Waals surface area contributed by atoms with Crippen LogP contribution in [0.3, 0.4) is 0 Å². The maximum atomic E-state index is 14.6. The average Bonchev–Trinajstić information content (AvgIpc) is 3.83. The van der Waals surface area contributed by atoms with Crippen LogP contribution >= 0.6 is 11.6 Å². The summed E-state index contributed by atoms with van der Waals surface area (Å²) in [7, 11) is 1.69. The number of amides is 1. The van der Waals surface area contributed by atoms with Crippen LogP contribution in [0.15, 0.2) is 60.2 Å². The summed E-state index contributed by atoms with van der Waals surface area (Å²) in [5.41, 5.74) is 7.40. The van der Waals surface area contributed by atoms with Gasteiger partial charge in [-0.05, 0) is 85.1 Å². The van der Waals surface area contributed by atoms with Crippen molar-refractivity contribution < 1.29 is 18.7 Å². The van der Waals surface area contributed by atoms with Crippen LogP contribution in [-0.4, -0.2) is 73.2 Å². The number of nitrogens with one attached hydrogen (secondary N) is 2. The minimum Gasteiger partial charge on any atom is -0.496 e. The molecule has 9 heteroatoms. The van der Waals surface area contributed by atoms with E-state index in [9.17, 15) is 9.18 Å². The van der Waals surface area contributed by atoms with E-state index in [1.807, 2.05) is 19.1 Å². The van der Waals surface area contributed by atoms with Crippen LogP contribution < -0.4 is 20.1 Å². The fourth-order valence-corrected chi connectivity index (χ4v) is 7.59. The molecule has 3 aromatic rings. The van der Waals surface area contributed by atoms with Crippen molar-refractivity contribution >= 4 is 23.1 Å². The number of carbonyl (C=O) groups excluding carboxylic acids is 1. The lowest BCUT2D eigenvalue weighted by atomic mass is 9.83. The molecule has 2 saturated heterocycles. The van der Waals surface area contributed by atoms with Crippen LogP contribution in [0, 0.1) is 19.7 Å². The van der Waals surface area contributed by atoms with Gasteiger partial charge in [-0.2, -0.15) is 0 Å². The number of nitrogens with zero attached hydrogens (tertiary/aromatic N) is 2. The predicted molar refractivity (Wildman–Crippen MR) is 183 cm³/mol. The van der Waals surface area contributed by atoms with Crippen LogP contribution in [-0.2, 0) is 17.9 Å². The van der Waals surface area contributed by atoms with E-state index in [0.717, 1.165) is 91.0 Å². The number of rotatable bonds is 10. The van der Waals surface area contributed by atoms with E-state index in [0.29, 0.717) is 24.2 Å². The molecule has 1 saturated carbocycles. The van der Waals surface area contributed by atoms with Crippen molar-refractivity contribution in [2.45, 2.75) is 76.8 Å². The molecule has 0 spiro atoms. The number of hydrogen-bond acceptors (Lipinski definition) is 6. The quantitative estimate of drug-likeness (QED) is 0.277. The molecule has 47 heavy (non-hydrogen) atoms. The maximum absolute atomic E-state index is 14.6. The van der Waals surface area contributed by atoms with E-state index in [-0.39, 0.29) is 29.8 Å². The molecule has 1 amide bonds. The van der Waals surface area contributed by atoms with Crippen LogP contribution in [0.2, 0.25) is 5.02 Å². The van der Waals surface area contributed by atoms with Gasteiger partial charge in [0.05, 0.1) is 18.2 Å². The van der Waals surface area contributed by atoms with E-state index < -0.39 is 5.82 Å². The van der Waals surface area contributed by atoms with Crippen LogP contribution in [0.1, 0.15) is 53.5 Å². The van der Waals surface area contributed by atoms with Crippen molar-refractivity contribution in [3.05, 3.63) is 98.8 Å². The van der Waals surface area contributed by atoms with E-state index >= 15 is 0 Å². The third kappa shape index (κ3) is 6.79. The Hall–Kier alpha value is -3.43. The van der Waals surface area contributed by atoms with E-state index in [2.05, 4.69) is 57.7 Å². The molecule has 248 valence electrons. The normalized spacial score (nSPS) is 22.8. The summed E-state index contributed by atoms with van der Waals surface area (Å²) >= 11 is 6.35. The third-order valence-corrected chi connectivity index (χ3v) is 10.7. The molecule has 0 unspecified atom stereocenters. The van der Waals surface area contributed by atoms with Crippen LogP contribution in [0.5, 0.6) is 11.5 Å². The van der Waals surface area contributed by atoms with Gasteiger partial charge in [0.15, 0.2) is 11.6 Å². The number of hydrogen-bond donors (Lipinski definition) is 2. The van der Waals surface area contributed by atoms with Gasteiger partial charge in [-0.25, -0.2) is 4.39 Å². The molecule has 2 N–H and O–H groups in total. The third-order valence-electron chi connectivity index (χ3n) is 10.2. The summed E-state index contributed by atoms with van der Waals surface area (Å²) in [6.45, 7) is 8.50. The van der Waals surface area contributed by atoms with Crippen molar-refractivity contribution in [3.63, 3.8) is 0 Å². The largest absolute Gasteiger partial charge is 0.496 e. The molecule has 3 heterocycles. The zero-order valence-corrected chi connectivity index (χ0v) is 28.2. The second kappa shape index (κ2) is 13.6. The summed E-state index contributed by atoms with van der Waals surface area (Å²) in [6.07, 6.45) is 3.60. The standard InChI is InChI=1S/C38H44ClFN4O3/c1-23-7-14-32(40)37(36(23)39)47-30-15-16-43(22-30)20-25-8-10-26(11-9-25)31-17-28-18-41-19-33(42-28)35(31)38(45)44(29-12-13-29)21-27-5-4-6-34(46-3)24(27)2/h4-11,14,28-30,33,41-42H,12-13,15-22H2,1-3H3/t28-,30+,33-/m0/s1. The first-order valence-corrected chi connectivity index (χ1v) is 17.2. The Morgan fingerprint density at radius 2 is 1.87 bits per heavy atom. The number of likely N-dealkylation sites (tertiary alicyclic amines) is 1. The second-order valence-corrected chi connectivity index (χ2v) is 13.9. The van der Waals surface area contributed by atoms with Gasteiger partial charge in [0, 0.05) is 56.9 Å². The second-order valence-electron chi connectivity index (χ2n) is 13.5. The number of benzene rings is 3. The van der Waals surface area contributed by atoms with E-state index in [1.165, 1.54) is 11.6 Å². The van der Waals surface area contributed by atoms with Crippen LogP contribution in [0.25, 0.3) is 5.57 Å². The van der Waals surface area contributed by atoms with E-state index in [1.54, 1.807) is 13.2 Å². The summed E-state index contributed by atoms with van der Waals surface area (Å²) in [5, 5.41) is 7.64. The highest BCUT2D eigenvalue weighted by atomic mass is 35.5. The number of ether oxygens (including phenoxy) is 2. The molecule has 0 aromatic heterocycles. The topological polar surface area (TPSA) is 66.1 Å². The van der Waals surface area contributed by atoms with Crippen molar-refractivity contribution in [3.8, 4) is 11.5 Å². The molecule has 4 aliphatic rings. The van der Waals surface area contributed by atoms with Crippen LogP contribution in [0.4, 0.5) is 4.39 Å². The van der Waals surface area contributed by atoms with Gasteiger partial charge in [-0.3, -0.25) is 9.69 Å². The summed E-state index contributed by atoms with van der Waals surface area (Å²) in [4.78, 5) is 19.0. The monoisotopic (exact) mass is 658 g/mol. The van der Waals surface area contributed by atoms with Gasteiger partial charge in [-0.15, -0.1) is 0 Å². The number of piperazine rings is 1. The Labute approximate surface area is 282 Å². The Morgan fingerprint density at radius 1 is 1.06 bits per heavy atom. The molecule has 0 radical (unpaired) electrons. The zero-order valence-electron chi connectivity index (χ0n) is 27.5. The van der Waals surface area contributed by atoms with E-state index in [4.69, 9.17) is 21.1 Å².